The van der Waals surface area contributed by atoms with E-state index < -0.39 is 5.54 Å². The molecule has 0 bridgehead atoms. The largest absolute Gasteiger partial charge is 0.467 e. The molecule has 0 saturated heterocycles. The molecule has 0 spiro atoms. The van der Waals surface area contributed by atoms with Crippen molar-refractivity contribution in [2.24, 2.45) is 0 Å². The van der Waals surface area contributed by atoms with Crippen LogP contribution < -0.4 is 5.32 Å². The van der Waals surface area contributed by atoms with Gasteiger partial charge in [-0.1, -0.05) is 25.0 Å². The maximum absolute atomic E-state index is 12.2. The minimum atomic E-state index is -0.802. The summed E-state index contributed by atoms with van der Waals surface area (Å²) in [4.78, 5) is 25.2. The lowest BCUT2D eigenvalue weighted by Gasteiger charge is -2.27. The number of esters is 1. The number of amides is 1. The Labute approximate surface area is 143 Å². The van der Waals surface area contributed by atoms with Gasteiger partial charge in [0.2, 0.25) is 5.91 Å². The number of carbonyl (C=O) groups excluding carboxylic acids is 2. The molecule has 1 aromatic carbocycles. The van der Waals surface area contributed by atoms with Gasteiger partial charge in [0, 0.05) is 21.5 Å². The molecule has 1 N–H and O–H groups in total. The van der Waals surface area contributed by atoms with E-state index in [9.17, 15) is 9.59 Å². The van der Waals surface area contributed by atoms with E-state index in [4.69, 9.17) is 4.74 Å². The Morgan fingerprint density at radius 3 is 2.64 bits per heavy atom. The topological polar surface area (TPSA) is 55.4 Å². The van der Waals surface area contributed by atoms with Crippen molar-refractivity contribution < 1.29 is 14.3 Å². The maximum atomic E-state index is 12.2. The van der Waals surface area contributed by atoms with Crippen LogP contribution in [0.25, 0.3) is 0 Å². The summed E-state index contributed by atoms with van der Waals surface area (Å²) >= 11 is 5.11. The summed E-state index contributed by atoms with van der Waals surface area (Å²) < 4.78 is 5.89. The van der Waals surface area contributed by atoms with Gasteiger partial charge in [0.25, 0.3) is 0 Å². The summed E-state index contributed by atoms with van der Waals surface area (Å²) in [5, 5.41) is 2.91. The first-order chi connectivity index (χ1) is 10.6. The lowest BCUT2D eigenvalue weighted by atomic mass is 9.97. The molecule has 0 unspecified atom stereocenters. The van der Waals surface area contributed by atoms with Crippen LogP contribution in [-0.2, 0) is 14.3 Å². The number of hydrogen-bond acceptors (Lipinski definition) is 4. The fraction of sp³-hybridized carbons (Fsp3) is 0.500. The van der Waals surface area contributed by atoms with E-state index >= 15 is 0 Å². The van der Waals surface area contributed by atoms with E-state index in [0.717, 1.165) is 22.2 Å². The third-order valence-electron chi connectivity index (χ3n) is 3.84. The Morgan fingerprint density at radius 2 is 2.00 bits per heavy atom. The minimum absolute atomic E-state index is 0.0909. The summed E-state index contributed by atoms with van der Waals surface area (Å²) in [7, 11) is 1.37. The number of methoxy groups -OCH3 is 1. The normalized spacial score (nSPS) is 16.3. The molecular formula is C16H20BrNO3S. The maximum Gasteiger partial charge on any atom is 0.331 e. The Morgan fingerprint density at radius 1 is 1.32 bits per heavy atom. The van der Waals surface area contributed by atoms with Gasteiger partial charge in [-0.15, -0.1) is 11.8 Å². The highest BCUT2D eigenvalue weighted by molar-refractivity contribution is 9.10. The lowest BCUT2D eigenvalue weighted by molar-refractivity contribution is -0.150. The van der Waals surface area contributed by atoms with E-state index in [1.807, 2.05) is 24.3 Å². The minimum Gasteiger partial charge on any atom is -0.467 e. The second kappa shape index (κ2) is 8.02. The highest BCUT2D eigenvalue weighted by Crippen LogP contribution is 2.31. The van der Waals surface area contributed by atoms with Crippen LogP contribution in [0, 0.1) is 0 Å². The van der Waals surface area contributed by atoms with Crippen molar-refractivity contribution in [1.29, 1.82) is 0 Å². The van der Waals surface area contributed by atoms with Gasteiger partial charge in [-0.3, -0.25) is 4.79 Å². The van der Waals surface area contributed by atoms with Crippen LogP contribution in [0.15, 0.2) is 33.6 Å². The molecule has 1 fully saturated rings. The van der Waals surface area contributed by atoms with Gasteiger partial charge in [0.15, 0.2) is 0 Å². The van der Waals surface area contributed by atoms with Gasteiger partial charge in [-0.05, 0) is 40.9 Å². The Kier molecular flexibility index (Phi) is 6.32. The highest BCUT2D eigenvalue weighted by Gasteiger charge is 2.43. The van der Waals surface area contributed by atoms with Crippen LogP contribution in [0.2, 0.25) is 0 Å². The van der Waals surface area contributed by atoms with E-state index in [0.29, 0.717) is 25.0 Å². The summed E-state index contributed by atoms with van der Waals surface area (Å²) in [5.74, 6) is 0.259. The number of halogens is 1. The van der Waals surface area contributed by atoms with Crippen molar-refractivity contribution in [2.45, 2.75) is 42.5 Å². The number of ether oxygens (including phenoxy) is 1. The van der Waals surface area contributed by atoms with Crippen LogP contribution in [0.1, 0.15) is 32.1 Å². The zero-order chi connectivity index (χ0) is 16.0. The zero-order valence-corrected chi connectivity index (χ0v) is 15.0. The van der Waals surface area contributed by atoms with Gasteiger partial charge in [-0.2, -0.15) is 0 Å². The van der Waals surface area contributed by atoms with Gasteiger partial charge in [0.05, 0.1) is 7.11 Å². The van der Waals surface area contributed by atoms with Crippen molar-refractivity contribution in [1.82, 2.24) is 5.32 Å². The zero-order valence-electron chi connectivity index (χ0n) is 12.6. The standard InChI is InChI=1S/C16H20BrNO3S/c1-21-15(20)16(9-4-5-10-16)18-14(19)8-11-22-13-7-3-2-6-12(13)17/h2-3,6-7H,4-5,8-11H2,1H3,(H,18,19). The Balaban J connectivity index is 1.85. The number of carbonyl (C=O) groups is 2. The van der Waals surface area contributed by atoms with Crippen molar-refractivity contribution in [2.75, 3.05) is 12.9 Å². The lowest BCUT2D eigenvalue weighted by Crippen LogP contribution is -2.53. The van der Waals surface area contributed by atoms with E-state index in [1.165, 1.54) is 7.11 Å². The molecular weight excluding hydrogens is 366 g/mol. The molecule has 1 aliphatic rings. The SMILES string of the molecule is COC(=O)C1(NC(=O)CCSc2ccccc2Br)CCCC1. The molecule has 0 atom stereocenters. The van der Waals surface area contributed by atoms with E-state index in [1.54, 1.807) is 11.8 Å². The van der Waals surface area contributed by atoms with Crippen molar-refractivity contribution in [3.63, 3.8) is 0 Å². The van der Waals surface area contributed by atoms with Crippen molar-refractivity contribution in [3.05, 3.63) is 28.7 Å². The highest BCUT2D eigenvalue weighted by atomic mass is 79.9. The van der Waals surface area contributed by atoms with Crippen LogP contribution >= 0.6 is 27.7 Å². The average Bonchev–Trinajstić information content (AvgIpc) is 2.98. The van der Waals surface area contributed by atoms with Gasteiger partial charge < -0.3 is 10.1 Å². The first-order valence-electron chi connectivity index (χ1n) is 7.34. The number of benzene rings is 1. The molecule has 0 aliphatic heterocycles. The fourth-order valence-corrected chi connectivity index (χ4v) is 4.22. The molecule has 1 amide bonds. The predicted molar refractivity (Wildman–Crippen MR) is 90.8 cm³/mol. The molecule has 4 nitrogen and oxygen atoms in total. The monoisotopic (exact) mass is 385 g/mol. The van der Waals surface area contributed by atoms with Crippen LogP contribution in [0.4, 0.5) is 0 Å². The summed E-state index contributed by atoms with van der Waals surface area (Å²) in [6.07, 6.45) is 3.61. The van der Waals surface area contributed by atoms with Gasteiger partial charge >= 0.3 is 5.97 Å². The van der Waals surface area contributed by atoms with Crippen LogP contribution in [0.3, 0.4) is 0 Å². The number of hydrogen-bond donors (Lipinski definition) is 1. The number of rotatable bonds is 6. The molecule has 22 heavy (non-hydrogen) atoms. The Bertz CT molecular complexity index is 544. The molecule has 0 radical (unpaired) electrons. The quantitative estimate of drug-likeness (QED) is 0.600. The van der Waals surface area contributed by atoms with E-state index in [2.05, 4.69) is 21.2 Å². The number of thioether (sulfide) groups is 1. The first-order valence-corrected chi connectivity index (χ1v) is 9.12. The molecule has 2 rings (SSSR count). The van der Waals surface area contributed by atoms with Gasteiger partial charge in [0.1, 0.15) is 5.54 Å². The fourth-order valence-electron chi connectivity index (χ4n) is 2.70. The molecule has 0 aromatic heterocycles. The Hall–Kier alpha value is -1.01. The average molecular weight is 386 g/mol. The molecule has 6 heteroatoms. The van der Waals surface area contributed by atoms with Crippen molar-refractivity contribution in [3.8, 4) is 0 Å². The summed E-state index contributed by atoms with van der Waals surface area (Å²) in [6.45, 7) is 0. The van der Waals surface area contributed by atoms with Crippen LogP contribution in [0.5, 0.6) is 0 Å². The van der Waals surface area contributed by atoms with Crippen LogP contribution in [-0.4, -0.2) is 30.3 Å². The third-order valence-corrected chi connectivity index (χ3v) is 5.86. The first kappa shape index (κ1) is 17.3. The second-order valence-electron chi connectivity index (χ2n) is 5.36. The van der Waals surface area contributed by atoms with E-state index in [-0.39, 0.29) is 11.9 Å². The molecule has 1 aromatic rings. The predicted octanol–water partition coefficient (Wildman–Crippen LogP) is 3.53. The van der Waals surface area contributed by atoms with Gasteiger partial charge in [-0.25, -0.2) is 4.79 Å². The molecule has 1 aliphatic carbocycles. The summed E-state index contributed by atoms with van der Waals surface area (Å²) in [6, 6.07) is 7.92. The second-order valence-corrected chi connectivity index (χ2v) is 7.35. The smallest absolute Gasteiger partial charge is 0.331 e. The molecule has 120 valence electrons. The third kappa shape index (κ3) is 4.26. The molecule has 0 heterocycles. The summed E-state index contributed by atoms with van der Waals surface area (Å²) in [5.41, 5.74) is -0.802. The molecule has 1 saturated carbocycles. The number of nitrogens with one attached hydrogen (secondary N) is 1. The van der Waals surface area contributed by atoms with Crippen molar-refractivity contribution >= 4 is 39.6 Å².